The molecule has 19 heavy (non-hydrogen) atoms. The number of hydrogen-bond donors (Lipinski definition) is 1. The van der Waals surface area contributed by atoms with E-state index in [1.807, 2.05) is 41.8 Å². The summed E-state index contributed by atoms with van der Waals surface area (Å²) in [6.45, 7) is 1.94. The van der Waals surface area contributed by atoms with Crippen molar-refractivity contribution >= 4 is 11.3 Å². The van der Waals surface area contributed by atoms with E-state index in [1.165, 1.54) is 0 Å². The summed E-state index contributed by atoms with van der Waals surface area (Å²) in [5, 5.41) is 0. The van der Waals surface area contributed by atoms with Gasteiger partial charge in [-0.05, 0) is 31.2 Å². The van der Waals surface area contributed by atoms with E-state index in [9.17, 15) is 0 Å². The van der Waals surface area contributed by atoms with Gasteiger partial charge in [-0.2, -0.15) is 0 Å². The second-order valence-electron chi connectivity index (χ2n) is 4.27. The number of hydrogen-bond acceptors (Lipinski definition) is 4. The van der Waals surface area contributed by atoms with Crippen LogP contribution in [0.3, 0.4) is 0 Å². The first kappa shape index (κ1) is 11.5. The van der Waals surface area contributed by atoms with Crippen molar-refractivity contribution in [2.75, 3.05) is 12.8 Å². The van der Waals surface area contributed by atoms with Crippen molar-refractivity contribution in [3.8, 4) is 17.0 Å². The van der Waals surface area contributed by atoms with E-state index in [1.54, 1.807) is 13.3 Å². The normalized spacial score (nSPS) is 10.8. The van der Waals surface area contributed by atoms with Gasteiger partial charge in [0.25, 0.3) is 0 Å². The van der Waals surface area contributed by atoms with Gasteiger partial charge in [0, 0.05) is 18.0 Å². The molecule has 1 aromatic carbocycles. The van der Waals surface area contributed by atoms with Crippen LogP contribution >= 0.6 is 0 Å². The molecule has 0 aliphatic carbocycles. The molecule has 0 radical (unpaired) electrons. The molecule has 2 N–H and O–H groups in total. The minimum Gasteiger partial charge on any atom is -0.497 e. The summed E-state index contributed by atoms with van der Waals surface area (Å²) in [5.41, 5.74) is 8.64. The van der Waals surface area contributed by atoms with Crippen LogP contribution in [-0.2, 0) is 0 Å². The molecule has 0 spiro atoms. The lowest BCUT2D eigenvalue weighted by atomic mass is 10.1. The second kappa shape index (κ2) is 4.28. The van der Waals surface area contributed by atoms with Gasteiger partial charge >= 0.3 is 0 Å². The molecule has 0 atom stereocenters. The Morgan fingerprint density at radius 2 is 1.95 bits per heavy atom. The van der Waals surface area contributed by atoms with E-state index in [-0.39, 0.29) is 0 Å². The Balaban J connectivity index is 2.24. The molecule has 0 saturated heterocycles. The predicted molar refractivity (Wildman–Crippen MR) is 74.1 cm³/mol. The highest BCUT2D eigenvalue weighted by molar-refractivity contribution is 5.85. The lowest BCUT2D eigenvalue weighted by Gasteiger charge is -2.03. The van der Waals surface area contributed by atoms with Crippen LogP contribution in [0.25, 0.3) is 16.8 Å². The number of nitrogen functional groups attached to an aromatic ring is 1. The SMILES string of the molecule is COc1ccc(-c2nc(C)n3ccnc(N)c23)cc1. The molecule has 0 unspecified atom stereocenters. The molecule has 0 saturated carbocycles. The molecule has 0 bridgehead atoms. The highest BCUT2D eigenvalue weighted by Crippen LogP contribution is 2.28. The fourth-order valence-electron chi connectivity index (χ4n) is 2.16. The van der Waals surface area contributed by atoms with E-state index in [2.05, 4.69) is 9.97 Å². The molecule has 3 rings (SSSR count). The minimum atomic E-state index is 0.480. The number of benzene rings is 1. The van der Waals surface area contributed by atoms with E-state index in [0.29, 0.717) is 5.82 Å². The lowest BCUT2D eigenvalue weighted by Crippen LogP contribution is -1.96. The third-order valence-electron chi connectivity index (χ3n) is 3.12. The fourth-order valence-corrected chi connectivity index (χ4v) is 2.16. The third-order valence-corrected chi connectivity index (χ3v) is 3.12. The molecule has 2 aromatic heterocycles. The predicted octanol–water partition coefficient (Wildman–Crippen LogP) is 2.30. The number of aromatic nitrogens is 3. The summed E-state index contributed by atoms with van der Waals surface area (Å²) >= 11 is 0. The van der Waals surface area contributed by atoms with Crippen LogP contribution in [0.15, 0.2) is 36.7 Å². The van der Waals surface area contributed by atoms with Crippen LogP contribution in [0.5, 0.6) is 5.75 Å². The average Bonchev–Trinajstić information content (AvgIpc) is 2.78. The Morgan fingerprint density at radius 3 is 2.63 bits per heavy atom. The highest BCUT2D eigenvalue weighted by atomic mass is 16.5. The largest absolute Gasteiger partial charge is 0.497 e. The van der Waals surface area contributed by atoms with Gasteiger partial charge in [0.05, 0.1) is 7.11 Å². The number of imidazole rings is 1. The third kappa shape index (κ3) is 1.79. The highest BCUT2D eigenvalue weighted by Gasteiger charge is 2.13. The van der Waals surface area contributed by atoms with E-state index in [4.69, 9.17) is 10.5 Å². The Kier molecular flexibility index (Phi) is 2.59. The van der Waals surface area contributed by atoms with Crippen molar-refractivity contribution in [2.24, 2.45) is 0 Å². The molecular weight excluding hydrogens is 240 g/mol. The summed E-state index contributed by atoms with van der Waals surface area (Å²) < 4.78 is 7.11. The summed E-state index contributed by atoms with van der Waals surface area (Å²) in [4.78, 5) is 8.71. The van der Waals surface area contributed by atoms with Crippen LogP contribution < -0.4 is 10.5 Å². The molecule has 3 aromatic rings. The number of aryl methyl sites for hydroxylation is 1. The van der Waals surface area contributed by atoms with Crippen LogP contribution in [-0.4, -0.2) is 21.5 Å². The number of nitrogens with zero attached hydrogens (tertiary/aromatic N) is 3. The number of ether oxygens (including phenoxy) is 1. The second-order valence-corrected chi connectivity index (χ2v) is 4.27. The Labute approximate surface area is 110 Å². The van der Waals surface area contributed by atoms with Gasteiger partial charge in [-0.25, -0.2) is 9.97 Å². The first-order valence-electron chi connectivity index (χ1n) is 5.94. The zero-order valence-electron chi connectivity index (χ0n) is 10.8. The molecule has 5 nitrogen and oxygen atoms in total. The number of anilines is 1. The van der Waals surface area contributed by atoms with Crippen molar-refractivity contribution in [3.63, 3.8) is 0 Å². The molecule has 0 aliphatic rings. The summed E-state index contributed by atoms with van der Waals surface area (Å²) in [6.07, 6.45) is 3.54. The van der Waals surface area contributed by atoms with Gasteiger partial charge in [-0.15, -0.1) is 0 Å². The number of nitrogens with two attached hydrogens (primary N) is 1. The van der Waals surface area contributed by atoms with Gasteiger partial charge in [0.15, 0.2) is 0 Å². The van der Waals surface area contributed by atoms with E-state index < -0.39 is 0 Å². The molecule has 0 amide bonds. The number of methoxy groups -OCH3 is 1. The molecule has 96 valence electrons. The molecule has 2 heterocycles. The average molecular weight is 254 g/mol. The zero-order chi connectivity index (χ0) is 13.4. The van der Waals surface area contributed by atoms with Crippen molar-refractivity contribution in [2.45, 2.75) is 6.92 Å². The summed E-state index contributed by atoms with van der Waals surface area (Å²) in [5.74, 6) is 2.18. The van der Waals surface area contributed by atoms with Crippen molar-refractivity contribution in [1.82, 2.24) is 14.4 Å². The van der Waals surface area contributed by atoms with Gasteiger partial charge in [-0.1, -0.05) is 0 Å². The topological polar surface area (TPSA) is 65.4 Å². The smallest absolute Gasteiger partial charge is 0.150 e. The summed E-state index contributed by atoms with van der Waals surface area (Å²) in [6, 6.07) is 7.74. The lowest BCUT2D eigenvalue weighted by molar-refractivity contribution is 0.415. The van der Waals surface area contributed by atoms with Crippen LogP contribution in [0.4, 0.5) is 5.82 Å². The van der Waals surface area contributed by atoms with Crippen LogP contribution in [0.2, 0.25) is 0 Å². The minimum absolute atomic E-state index is 0.480. The van der Waals surface area contributed by atoms with Crippen molar-refractivity contribution < 1.29 is 4.74 Å². The maximum atomic E-state index is 5.97. The van der Waals surface area contributed by atoms with Gasteiger partial charge < -0.3 is 10.5 Å². The van der Waals surface area contributed by atoms with Crippen LogP contribution in [0.1, 0.15) is 5.82 Å². The Hall–Kier alpha value is -2.56. The number of rotatable bonds is 2. The monoisotopic (exact) mass is 254 g/mol. The molecular formula is C14H14N4O. The van der Waals surface area contributed by atoms with Gasteiger partial charge in [0.2, 0.25) is 0 Å². The van der Waals surface area contributed by atoms with Crippen molar-refractivity contribution in [3.05, 3.63) is 42.5 Å². The molecule has 0 fully saturated rings. The Morgan fingerprint density at radius 1 is 1.21 bits per heavy atom. The molecule has 0 aliphatic heterocycles. The molecule has 5 heteroatoms. The van der Waals surface area contributed by atoms with Gasteiger partial charge in [-0.3, -0.25) is 4.40 Å². The van der Waals surface area contributed by atoms with Crippen molar-refractivity contribution in [1.29, 1.82) is 0 Å². The maximum absolute atomic E-state index is 5.97. The van der Waals surface area contributed by atoms with E-state index >= 15 is 0 Å². The summed E-state index contributed by atoms with van der Waals surface area (Å²) in [7, 11) is 1.65. The fraction of sp³-hybridized carbons (Fsp3) is 0.143. The first-order valence-corrected chi connectivity index (χ1v) is 5.94. The standard InChI is InChI=1S/C14H14N4O/c1-9-17-12(10-3-5-11(19-2)6-4-10)13-14(15)16-7-8-18(9)13/h3-8H,1-2H3,(H2,15,16). The zero-order valence-corrected chi connectivity index (χ0v) is 10.8. The van der Waals surface area contributed by atoms with Crippen LogP contribution in [0, 0.1) is 6.92 Å². The number of fused-ring (bicyclic) bond motifs is 1. The quantitative estimate of drug-likeness (QED) is 0.762. The Bertz CT molecular complexity index is 731. The van der Waals surface area contributed by atoms with E-state index in [0.717, 1.165) is 28.3 Å². The first-order chi connectivity index (χ1) is 9.20. The van der Waals surface area contributed by atoms with Gasteiger partial charge in [0.1, 0.15) is 28.6 Å². The maximum Gasteiger partial charge on any atom is 0.150 e.